The Labute approximate surface area is 134 Å². The average molecular weight is 330 g/mol. The maximum absolute atomic E-state index is 13.0. The van der Waals surface area contributed by atoms with Crippen LogP contribution in [0.5, 0.6) is 0 Å². The van der Waals surface area contributed by atoms with Gasteiger partial charge in [0, 0.05) is 19.6 Å². The van der Waals surface area contributed by atoms with Crippen LogP contribution in [0.15, 0.2) is 4.52 Å². The molecule has 0 amide bonds. The lowest BCUT2D eigenvalue weighted by Crippen LogP contribution is -2.41. The zero-order valence-corrected chi connectivity index (χ0v) is 13.7. The Morgan fingerprint density at radius 3 is 2.61 bits per heavy atom. The van der Waals surface area contributed by atoms with Gasteiger partial charge in [-0.25, -0.2) is 8.78 Å². The van der Waals surface area contributed by atoms with E-state index in [0.29, 0.717) is 12.2 Å². The van der Waals surface area contributed by atoms with Crippen molar-refractivity contribution in [3.8, 4) is 0 Å². The average Bonchev–Trinajstić information content (AvgIpc) is 3.00. The fraction of sp³-hybridized carbons (Fsp3) is 0.875. The second-order valence-corrected chi connectivity index (χ2v) is 7.33. The summed E-state index contributed by atoms with van der Waals surface area (Å²) in [5, 5.41) is 3.84. The van der Waals surface area contributed by atoms with Crippen LogP contribution in [-0.2, 0) is 21.3 Å². The molecule has 0 N–H and O–H groups in total. The smallest absolute Gasteiger partial charge is 0.252 e. The maximum Gasteiger partial charge on any atom is 0.252 e. The molecule has 2 saturated heterocycles. The Kier molecular flexibility index (Phi) is 4.69. The van der Waals surface area contributed by atoms with Crippen molar-refractivity contribution < 1.29 is 22.8 Å². The Hall–Kier alpha value is -1.08. The predicted molar refractivity (Wildman–Crippen MR) is 78.5 cm³/mol. The first kappa shape index (κ1) is 16.8. The summed E-state index contributed by atoms with van der Waals surface area (Å²) >= 11 is 0. The largest absolute Gasteiger partial charge is 0.381 e. The first-order valence-corrected chi connectivity index (χ1v) is 8.22. The minimum Gasteiger partial charge on any atom is -0.381 e. The van der Waals surface area contributed by atoms with E-state index in [2.05, 4.69) is 10.1 Å². The summed E-state index contributed by atoms with van der Waals surface area (Å²) in [6.07, 6.45) is 2.13. The molecule has 7 heteroatoms. The number of hydrogen-bond acceptors (Lipinski definition) is 5. The van der Waals surface area contributed by atoms with Crippen molar-refractivity contribution in [2.45, 2.75) is 63.9 Å². The summed E-state index contributed by atoms with van der Waals surface area (Å²) < 4.78 is 42.5. The molecule has 3 heterocycles. The lowest BCUT2D eigenvalue weighted by Gasteiger charge is -2.42. The van der Waals surface area contributed by atoms with Gasteiger partial charge in [-0.2, -0.15) is 4.98 Å². The van der Waals surface area contributed by atoms with Gasteiger partial charge in [0.1, 0.15) is 5.41 Å². The third kappa shape index (κ3) is 3.55. The van der Waals surface area contributed by atoms with Crippen LogP contribution in [0.2, 0.25) is 0 Å². The molecule has 0 saturated carbocycles. The third-order valence-corrected chi connectivity index (χ3v) is 5.15. The van der Waals surface area contributed by atoms with Crippen LogP contribution in [-0.4, -0.2) is 42.5 Å². The predicted octanol–water partition coefficient (Wildman–Crippen LogP) is 3.13. The number of ether oxygens (including phenoxy) is 2. The van der Waals surface area contributed by atoms with Gasteiger partial charge < -0.3 is 14.0 Å². The van der Waals surface area contributed by atoms with Crippen molar-refractivity contribution in [3.05, 3.63) is 11.7 Å². The number of nitrogens with zero attached hydrogens (tertiary/aromatic N) is 2. The van der Waals surface area contributed by atoms with Crippen molar-refractivity contribution in [2.24, 2.45) is 5.41 Å². The van der Waals surface area contributed by atoms with E-state index in [4.69, 9.17) is 14.0 Å². The van der Waals surface area contributed by atoms with E-state index in [1.807, 2.05) is 0 Å². The fourth-order valence-electron chi connectivity index (χ4n) is 3.17. The minimum absolute atomic E-state index is 0.0146. The summed E-state index contributed by atoms with van der Waals surface area (Å²) in [5.74, 6) is 0.431. The number of rotatable bonds is 4. The van der Waals surface area contributed by atoms with Gasteiger partial charge in [-0.3, -0.25) is 0 Å². The lowest BCUT2D eigenvalue weighted by atomic mass is 9.75. The van der Waals surface area contributed by atoms with Gasteiger partial charge in [-0.05, 0) is 44.9 Å². The van der Waals surface area contributed by atoms with Crippen LogP contribution in [0.3, 0.4) is 0 Å². The molecular formula is C16H24F2N2O3. The van der Waals surface area contributed by atoms with E-state index in [0.717, 1.165) is 45.5 Å². The fourth-order valence-corrected chi connectivity index (χ4v) is 3.17. The SMILES string of the molecule is CC(C)(c1nc(CC2CCC3(CCOCC3)CO2)no1)C(F)F. The highest BCUT2D eigenvalue weighted by molar-refractivity contribution is 5.03. The summed E-state index contributed by atoms with van der Waals surface area (Å²) in [5.41, 5.74) is -1.17. The summed E-state index contributed by atoms with van der Waals surface area (Å²) in [4.78, 5) is 4.14. The summed E-state index contributed by atoms with van der Waals surface area (Å²) in [6, 6.07) is 0. The molecule has 23 heavy (non-hydrogen) atoms. The monoisotopic (exact) mass is 330 g/mol. The zero-order valence-electron chi connectivity index (χ0n) is 13.7. The Balaban J connectivity index is 1.56. The highest BCUT2D eigenvalue weighted by Gasteiger charge is 2.39. The highest BCUT2D eigenvalue weighted by atomic mass is 19.3. The van der Waals surface area contributed by atoms with E-state index < -0.39 is 11.8 Å². The molecule has 1 spiro atoms. The van der Waals surface area contributed by atoms with Crippen LogP contribution >= 0.6 is 0 Å². The van der Waals surface area contributed by atoms with E-state index in [9.17, 15) is 8.78 Å². The molecule has 1 atom stereocenters. The van der Waals surface area contributed by atoms with Crippen LogP contribution < -0.4 is 0 Å². The number of hydrogen-bond donors (Lipinski definition) is 0. The lowest BCUT2D eigenvalue weighted by molar-refractivity contribution is -0.105. The van der Waals surface area contributed by atoms with Crippen molar-refractivity contribution >= 4 is 0 Å². The van der Waals surface area contributed by atoms with Crippen molar-refractivity contribution in [2.75, 3.05) is 19.8 Å². The molecule has 2 aliphatic rings. The third-order valence-electron chi connectivity index (χ3n) is 5.15. The number of aromatic nitrogens is 2. The van der Waals surface area contributed by atoms with E-state index in [1.165, 1.54) is 13.8 Å². The first-order valence-electron chi connectivity index (χ1n) is 8.22. The number of halogens is 2. The van der Waals surface area contributed by atoms with Crippen LogP contribution in [0, 0.1) is 5.41 Å². The standard InChI is InChI=1S/C16H24F2N2O3/c1-15(2,13(17)18)14-19-12(20-23-14)9-11-3-4-16(10-22-11)5-7-21-8-6-16/h11,13H,3-10H2,1-2H3. The number of alkyl halides is 2. The van der Waals surface area contributed by atoms with Gasteiger partial charge in [-0.15, -0.1) is 0 Å². The molecule has 5 nitrogen and oxygen atoms in total. The quantitative estimate of drug-likeness (QED) is 0.849. The van der Waals surface area contributed by atoms with Gasteiger partial charge in [0.2, 0.25) is 5.89 Å². The first-order chi connectivity index (χ1) is 10.9. The zero-order chi connectivity index (χ0) is 16.5. The maximum atomic E-state index is 13.0. The van der Waals surface area contributed by atoms with Crippen molar-refractivity contribution in [3.63, 3.8) is 0 Å². The molecule has 1 aromatic rings. The van der Waals surface area contributed by atoms with Gasteiger partial charge in [0.15, 0.2) is 5.82 Å². The molecule has 0 aromatic carbocycles. The normalized spacial score (nSPS) is 25.2. The second kappa shape index (κ2) is 6.43. The molecule has 0 bridgehead atoms. The molecule has 2 fully saturated rings. The Morgan fingerprint density at radius 2 is 2.00 bits per heavy atom. The Bertz CT molecular complexity index is 517. The molecule has 0 radical (unpaired) electrons. The van der Waals surface area contributed by atoms with Gasteiger partial charge in [-0.1, -0.05) is 5.16 Å². The topological polar surface area (TPSA) is 57.4 Å². The van der Waals surface area contributed by atoms with E-state index in [1.54, 1.807) is 0 Å². The minimum atomic E-state index is -2.55. The Morgan fingerprint density at radius 1 is 1.26 bits per heavy atom. The van der Waals surface area contributed by atoms with Crippen molar-refractivity contribution in [1.29, 1.82) is 0 Å². The molecule has 1 unspecified atom stereocenters. The second-order valence-electron chi connectivity index (χ2n) is 7.33. The van der Waals surface area contributed by atoms with E-state index >= 15 is 0 Å². The van der Waals surface area contributed by atoms with Crippen molar-refractivity contribution in [1.82, 2.24) is 10.1 Å². The van der Waals surface area contributed by atoms with Gasteiger partial charge in [0.25, 0.3) is 6.43 Å². The summed E-state index contributed by atoms with van der Waals surface area (Å²) in [7, 11) is 0. The molecule has 2 aliphatic heterocycles. The van der Waals surface area contributed by atoms with Crippen LogP contribution in [0.1, 0.15) is 51.2 Å². The highest BCUT2D eigenvalue weighted by Crippen LogP contribution is 2.40. The summed E-state index contributed by atoms with van der Waals surface area (Å²) in [6.45, 7) is 5.16. The molecule has 130 valence electrons. The molecule has 3 rings (SSSR count). The van der Waals surface area contributed by atoms with Gasteiger partial charge >= 0.3 is 0 Å². The molecule has 1 aromatic heterocycles. The van der Waals surface area contributed by atoms with Gasteiger partial charge in [0.05, 0.1) is 12.7 Å². The molecule has 0 aliphatic carbocycles. The van der Waals surface area contributed by atoms with Crippen LogP contribution in [0.4, 0.5) is 8.78 Å². The van der Waals surface area contributed by atoms with Crippen LogP contribution in [0.25, 0.3) is 0 Å². The molecular weight excluding hydrogens is 306 g/mol. The van der Waals surface area contributed by atoms with E-state index in [-0.39, 0.29) is 17.4 Å².